The van der Waals surface area contributed by atoms with E-state index in [1.807, 2.05) is 81.4 Å². The lowest BCUT2D eigenvalue weighted by Gasteiger charge is -2.40. The first kappa shape index (κ1) is 26.4. The molecule has 1 aliphatic rings. The largest absolute Gasteiger partial charge is 0.444 e. The van der Waals surface area contributed by atoms with Crippen LogP contribution in [0.1, 0.15) is 33.4 Å². The van der Waals surface area contributed by atoms with Gasteiger partial charge in [0.1, 0.15) is 22.8 Å². The lowest BCUT2D eigenvalue weighted by molar-refractivity contribution is 0.00582. The van der Waals surface area contributed by atoms with Crippen molar-refractivity contribution in [1.82, 2.24) is 29.3 Å². The zero-order valence-electron chi connectivity index (χ0n) is 22.7. The summed E-state index contributed by atoms with van der Waals surface area (Å²) in [6, 6.07) is 17.9. The van der Waals surface area contributed by atoms with Gasteiger partial charge in [0.25, 0.3) is 0 Å². The molecule has 0 radical (unpaired) electrons. The van der Waals surface area contributed by atoms with Crippen molar-refractivity contribution in [1.29, 1.82) is 0 Å². The Kier molecular flexibility index (Phi) is 7.34. The van der Waals surface area contributed by atoms with E-state index in [0.29, 0.717) is 44.2 Å². The van der Waals surface area contributed by atoms with E-state index in [2.05, 4.69) is 21.0 Å². The van der Waals surface area contributed by atoms with E-state index in [1.54, 1.807) is 11.1 Å². The number of rotatable bonds is 6. The fourth-order valence-corrected chi connectivity index (χ4v) is 4.92. The first-order valence-electron chi connectivity index (χ1n) is 13.2. The summed E-state index contributed by atoms with van der Waals surface area (Å²) < 4.78 is 7.75. The van der Waals surface area contributed by atoms with Crippen molar-refractivity contribution in [3.8, 4) is 22.6 Å². The monoisotopic (exact) mass is 525 g/mol. The van der Waals surface area contributed by atoms with Gasteiger partial charge < -0.3 is 15.4 Å². The molecule has 2 N–H and O–H groups in total. The van der Waals surface area contributed by atoms with Crippen LogP contribution in [0.3, 0.4) is 0 Å². The van der Waals surface area contributed by atoms with Crippen molar-refractivity contribution in [2.24, 2.45) is 0 Å². The Labute approximate surface area is 228 Å². The van der Waals surface area contributed by atoms with Gasteiger partial charge in [-0.3, -0.25) is 9.47 Å². The highest BCUT2D eigenvalue weighted by molar-refractivity contribution is 5.82. The fraction of sp³-hybridized carbons (Fsp3) is 0.333. The molecule has 4 heterocycles. The maximum absolute atomic E-state index is 12.7. The molecule has 1 unspecified atom stereocenters. The van der Waals surface area contributed by atoms with Gasteiger partial charge in [-0.25, -0.2) is 19.7 Å². The number of ether oxygens (including phenoxy) is 1. The lowest BCUT2D eigenvalue weighted by Crippen LogP contribution is -2.51. The molecule has 0 spiro atoms. The van der Waals surface area contributed by atoms with Gasteiger partial charge in [0.2, 0.25) is 0 Å². The van der Waals surface area contributed by atoms with Gasteiger partial charge in [-0.15, -0.1) is 6.58 Å². The third-order valence-corrected chi connectivity index (χ3v) is 6.75. The second kappa shape index (κ2) is 10.9. The molecule has 9 heteroatoms. The summed E-state index contributed by atoms with van der Waals surface area (Å²) in [5, 5.41) is 0. The number of pyridine rings is 2. The average Bonchev–Trinajstić information content (AvgIpc) is 3.30. The molecule has 0 saturated carbocycles. The number of benzene rings is 1. The van der Waals surface area contributed by atoms with Crippen molar-refractivity contribution in [3.05, 3.63) is 73.4 Å². The van der Waals surface area contributed by atoms with Crippen molar-refractivity contribution in [2.45, 2.75) is 39.0 Å². The number of hydrogen-bond acceptors (Lipinski definition) is 7. The summed E-state index contributed by atoms with van der Waals surface area (Å²) in [6.07, 6.45) is 3.82. The van der Waals surface area contributed by atoms with Crippen LogP contribution < -0.4 is 5.73 Å². The van der Waals surface area contributed by atoms with Crippen LogP contribution in [0.4, 0.5) is 10.6 Å². The summed E-state index contributed by atoms with van der Waals surface area (Å²) in [5.74, 6) is 1.11. The van der Waals surface area contributed by atoms with Gasteiger partial charge in [0.15, 0.2) is 5.65 Å². The maximum atomic E-state index is 12.7. The van der Waals surface area contributed by atoms with Gasteiger partial charge in [0, 0.05) is 37.9 Å². The number of fused-ring (bicyclic) bond motifs is 1. The van der Waals surface area contributed by atoms with E-state index < -0.39 is 5.60 Å². The van der Waals surface area contributed by atoms with E-state index in [0.717, 1.165) is 28.0 Å². The number of nitrogen functional groups attached to an aromatic ring is 1. The number of carbonyl (C=O) groups is 1. The van der Waals surface area contributed by atoms with Gasteiger partial charge in [-0.1, -0.05) is 36.4 Å². The molecular weight excluding hydrogens is 490 g/mol. The number of anilines is 1. The summed E-state index contributed by atoms with van der Waals surface area (Å²) >= 11 is 0. The Morgan fingerprint density at radius 1 is 1.05 bits per heavy atom. The molecule has 1 fully saturated rings. The fourth-order valence-electron chi connectivity index (χ4n) is 4.92. The molecule has 39 heavy (non-hydrogen) atoms. The van der Waals surface area contributed by atoms with Crippen LogP contribution >= 0.6 is 0 Å². The SMILES string of the molecule is C=CCC(N1CCN(C(=O)OC(C)(C)C)CC1)n1c(-c2cccnc2N)nc2ccc(-c3ccccc3)nc21. The number of amides is 1. The highest BCUT2D eigenvalue weighted by Gasteiger charge is 2.32. The number of imidazole rings is 1. The first-order valence-corrected chi connectivity index (χ1v) is 13.2. The maximum Gasteiger partial charge on any atom is 0.410 e. The van der Waals surface area contributed by atoms with Crippen LogP contribution in [0.25, 0.3) is 33.8 Å². The normalized spacial score (nSPS) is 15.3. The predicted octanol–water partition coefficient (Wildman–Crippen LogP) is 5.37. The number of aromatic nitrogens is 4. The molecule has 1 aliphatic heterocycles. The summed E-state index contributed by atoms with van der Waals surface area (Å²) in [5.41, 5.74) is 9.98. The van der Waals surface area contributed by atoms with Crippen LogP contribution in [0.15, 0.2) is 73.4 Å². The predicted molar refractivity (Wildman–Crippen MR) is 154 cm³/mol. The van der Waals surface area contributed by atoms with E-state index in [1.165, 1.54) is 0 Å². The minimum atomic E-state index is -0.532. The van der Waals surface area contributed by atoms with E-state index in [4.69, 9.17) is 20.4 Å². The summed E-state index contributed by atoms with van der Waals surface area (Å²) in [4.78, 5) is 31.2. The molecule has 1 atom stereocenters. The Bertz CT molecular complexity index is 1470. The zero-order chi connectivity index (χ0) is 27.6. The average molecular weight is 526 g/mol. The van der Waals surface area contributed by atoms with Crippen molar-refractivity contribution in [2.75, 3.05) is 31.9 Å². The third kappa shape index (κ3) is 5.63. The second-order valence-corrected chi connectivity index (χ2v) is 10.7. The molecule has 9 nitrogen and oxygen atoms in total. The van der Waals surface area contributed by atoms with E-state index in [-0.39, 0.29) is 12.3 Å². The highest BCUT2D eigenvalue weighted by atomic mass is 16.6. The number of nitrogens with zero attached hydrogens (tertiary/aromatic N) is 6. The number of carbonyl (C=O) groups excluding carboxylic acids is 1. The van der Waals surface area contributed by atoms with Crippen molar-refractivity contribution < 1.29 is 9.53 Å². The van der Waals surface area contributed by atoms with Crippen LogP contribution in [-0.2, 0) is 4.74 Å². The highest BCUT2D eigenvalue weighted by Crippen LogP contribution is 2.34. The molecule has 1 saturated heterocycles. The molecule has 0 aliphatic carbocycles. The summed E-state index contributed by atoms with van der Waals surface area (Å²) in [7, 11) is 0. The number of nitrogens with two attached hydrogens (primary N) is 1. The molecule has 3 aromatic heterocycles. The first-order chi connectivity index (χ1) is 18.7. The molecule has 4 aromatic rings. The standard InChI is InChI=1S/C30H35N7O2/c1-5-10-25(35-17-19-36(20-18-35)29(38)39-30(2,3)4)37-27(22-13-9-16-32-26(22)31)34-24-15-14-23(33-28(24)37)21-11-7-6-8-12-21/h5-9,11-16,25H,1,10,17-20H2,2-4H3,(H2,31,32). The molecule has 202 valence electrons. The van der Waals surface area contributed by atoms with E-state index >= 15 is 0 Å². The second-order valence-electron chi connectivity index (χ2n) is 10.7. The zero-order valence-corrected chi connectivity index (χ0v) is 22.7. The van der Waals surface area contributed by atoms with Crippen LogP contribution in [0.2, 0.25) is 0 Å². The topological polar surface area (TPSA) is 102 Å². The van der Waals surface area contributed by atoms with Gasteiger partial charge in [0.05, 0.1) is 17.4 Å². The van der Waals surface area contributed by atoms with E-state index in [9.17, 15) is 4.79 Å². The van der Waals surface area contributed by atoms with Gasteiger partial charge in [-0.05, 0) is 51.5 Å². The van der Waals surface area contributed by atoms with Gasteiger partial charge in [-0.2, -0.15) is 0 Å². The van der Waals surface area contributed by atoms with Gasteiger partial charge >= 0.3 is 6.09 Å². The van der Waals surface area contributed by atoms with Crippen LogP contribution in [-0.4, -0.2) is 67.2 Å². The van der Waals surface area contributed by atoms with Crippen molar-refractivity contribution >= 4 is 23.1 Å². The number of piperazine rings is 1. The molecule has 1 aromatic carbocycles. The Balaban J connectivity index is 1.57. The summed E-state index contributed by atoms with van der Waals surface area (Å²) in [6.45, 7) is 12.1. The van der Waals surface area contributed by atoms with Crippen LogP contribution in [0.5, 0.6) is 0 Å². The van der Waals surface area contributed by atoms with Crippen LogP contribution in [0, 0.1) is 0 Å². The third-order valence-electron chi connectivity index (χ3n) is 6.75. The minimum Gasteiger partial charge on any atom is -0.444 e. The Morgan fingerprint density at radius 3 is 2.46 bits per heavy atom. The number of hydrogen-bond donors (Lipinski definition) is 1. The molecule has 0 bridgehead atoms. The molecule has 5 rings (SSSR count). The molecule has 1 amide bonds. The molecular formula is C30H35N7O2. The van der Waals surface area contributed by atoms with Crippen molar-refractivity contribution in [3.63, 3.8) is 0 Å². The Morgan fingerprint density at radius 2 is 1.79 bits per heavy atom. The smallest absolute Gasteiger partial charge is 0.410 e. The minimum absolute atomic E-state index is 0.138. The quantitative estimate of drug-likeness (QED) is 0.338. The Hall–Kier alpha value is -4.24. The lowest BCUT2D eigenvalue weighted by atomic mass is 10.1.